The Hall–Kier alpha value is -13.3. The van der Waals surface area contributed by atoms with Crippen molar-refractivity contribution in [2.45, 2.75) is 58.2 Å². The predicted molar refractivity (Wildman–Crippen MR) is 560 cm³/mol. The van der Waals surface area contributed by atoms with Crippen molar-refractivity contribution in [3.8, 4) is 89.8 Å². The first-order valence-corrected chi connectivity index (χ1v) is 46.7. The number of aromatic nitrogens is 5. The standard InChI is InChI=1S/C47H31N3.C23H15Br2N.C15H10Br2O.C13H12NO.C13H10.C6H14N2.CH4.BrH/c1-3-15-32(16-4-1)42-29-35(30-43(48-42)33-17-5-2-6-18-33)34-27-36(49-44-23-11-7-19-38(44)39-20-8-12-24-45(39)49)31-37(28-34)50-46-25-13-9-21-40(46)41-22-10-14-26-47(41)50;24-20-11-18(12-21(25)15-20)19-13-22(16-7-3-1-4-8-16)26-23(14-19)17-9-5-2-6-10-17;16-13-8-11(9-14(17)10-13)6-7-15(18)12-4-2-1-3-5-12;15-13(12-7-3-1-4-8-12)11-14-9-5-2-6-10-14;1-3-7-12-10(5-1)9-11-6-2-4-8-13(11)12;7-5-3-1-2-4-6(5)8;;/h1-31H;1-15H;1-10H;1-10H,11H2;1-8H,9H2;5-6H,1-4,7-8H2;1H4;1H/q;;;+1;;;;/p-1/b;;7-6+;;;;;/t;;;;;5-,6-;;/m.....1../s1. The fraction of sp³-hybridized carbons (Fsp3) is 0.0763. The van der Waals surface area contributed by atoms with Crippen molar-refractivity contribution in [2.24, 2.45) is 11.5 Å². The summed E-state index contributed by atoms with van der Waals surface area (Å²) in [5, 5.41) is 4.98. The van der Waals surface area contributed by atoms with E-state index in [-0.39, 0.29) is 48.1 Å². The third-order valence-corrected chi connectivity index (χ3v) is 25.0. The van der Waals surface area contributed by atoms with E-state index >= 15 is 0 Å². The minimum absolute atomic E-state index is 0. The lowest BCUT2D eigenvalue weighted by Crippen LogP contribution is -3.00. The molecular formula is C118H96Br5N7O2. The first-order valence-electron chi connectivity index (χ1n) is 43.5. The highest BCUT2D eigenvalue weighted by Crippen LogP contribution is 2.42. The maximum atomic E-state index is 11.9. The summed E-state index contributed by atoms with van der Waals surface area (Å²) in [6, 6.07) is 147. The van der Waals surface area contributed by atoms with Crippen LogP contribution < -0.4 is 33.0 Å². The van der Waals surface area contributed by atoms with Gasteiger partial charge in [-0.3, -0.25) is 9.59 Å². The van der Waals surface area contributed by atoms with Crippen molar-refractivity contribution in [3.63, 3.8) is 0 Å². The summed E-state index contributed by atoms with van der Waals surface area (Å²) in [6.07, 6.45) is 13.1. The summed E-state index contributed by atoms with van der Waals surface area (Å²) in [4.78, 5) is 33.8. The number of para-hydroxylation sites is 4. The van der Waals surface area contributed by atoms with Gasteiger partial charge in [0.05, 0.1) is 44.8 Å². The maximum Gasteiger partial charge on any atom is 0.227 e. The van der Waals surface area contributed by atoms with Gasteiger partial charge in [0.25, 0.3) is 0 Å². The van der Waals surface area contributed by atoms with Gasteiger partial charge in [0.15, 0.2) is 18.2 Å². The lowest BCUT2D eigenvalue weighted by atomic mass is 9.92. The van der Waals surface area contributed by atoms with Crippen molar-refractivity contribution in [3.05, 3.63) is 489 Å². The molecule has 2 atom stereocenters. The number of nitrogens with zero attached hydrogens (tertiary/aromatic N) is 5. The number of ketones is 2. The van der Waals surface area contributed by atoms with Gasteiger partial charge in [-0.2, -0.15) is 4.57 Å². The van der Waals surface area contributed by atoms with Crippen LogP contribution in [0.15, 0.2) is 461 Å². The van der Waals surface area contributed by atoms with Crippen molar-refractivity contribution in [2.75, 3.05) is 0 Å². The number of carbonyl (C=O) groups is 2. The molecule has 9 nitrogen and oxygen atoms in total. The molecular weight excluding hydrogens is 1950 g/mol. The molecule has 0 bridgehead atoms. The second-order valence-electron chi connectivity index (χ2n) is 32.1. The second kappa shape index (κ2) is 45.1. The monoisotopic (exact) mass is 2040 g/mol. The van der Waals surface area contributed by atoms with E-state index < -0.39 is 0 Å². The number of hydrogen-bond acceptors (Lipinski definition) is 6. The van der Waals surface area contributed by atoms with Crippen LogP contribution in [0.5, 0.6) is 0 Å². The largest absolute Gasteiger partial charge is 1.00 e. The lowest BCUT2D eigenvalue weighted by Gasteiger charge is -2.24. The molecule has 20 aromatic rings. The molecule has 650 valence electrons. The van der Waals surface area contributed by atoms with Crippen molar-refractivity contribution in [1.29, 1.82) is 0 Å². The average molecular weight is 2040 g/mol. The third-order valence-electron chi connectivity index (χ3n) is 23.2. The molecule has 2 aliphatic carbocycles. The first kappa shape index (κ1) is 93.4. The Kier molecular flexibility index (Phi) is 31.9. The molecule has 22 rings (SSSR count). The SMILES string of the molecule is Brc1cc(Br)cc(-c2cc(-c3ccccc3)nc(-c3ccccc3)c2)c1.C.N[C@@H]1CCCC[C@H]1N.O=C(/C=C/c1cc(Br)cc(Br)c1)c1ccccc1.O=C(C[n+]1ccccc1)c1ccccc1.[Br-].c1ccc(-c2cc(-c3cc(-n4c5ccccc5c5ccccc54)cc(-n4c5ccccc5c5ccccc54)c3)cc(-c3ccccc3)n2)cc1.c1ccc2c(c1)Cc1ccccc1-2. The van der Waals surface area contributed by atoms with Gasteiger partial charge in [0, 0.05) is 108 Å². The van der Waals surface area contributed by atoms with Crippen LogP contribution in [0.2, 0.25) is 0 Å². The molecule has 5 aromatic heterocycles. The summed E-state index contributed by atoms with van der Waals surface area (Å²) >= 11 is 14.0. The smallest absolute Gasteiger partial charge is 0.227 e. The van der Waals surface area contributed by atoms with Crippen LogP contribution in [0.25, 0.3) is 139 Å². The third kappa shape index (κ3) is 23.0. The fourth-order valence-corrected chi connectivity index (χ4v) is 19.4. The summed E-state index contributed by atoms with van der Waals surface area (Å²) in [5.41, 5.74) is 39.2. The fourth-order valence-electron chi connectivity index (χ4n) is 16.8. The van der Waals surface area contributed by atoms with Crippen LogP contribution in [-0.4, -0.2) is 42.8 Å². The van der Waals surface area contributed by atoms with Crippen molar-refractivity contribution < 1.29 is 31.1 Å². The highest BCUT2D eigenvalue weighted by molar-refractivity contribution is 9.11. The van der Waals surface area contributed by atoms with Gasteiger partial charge in [-0.15, -0.1) is 0 Å². The molecule has 5 heterocycles. The molecule has 0 unspecified atom stereocenters. The highest BCUT2D eigenvalue weighted by atomic mass is 79.9. The van der Waals surface area contributed by atoms with E-state index in [1.165, 1.54) is 78.7 Å². The summed E-state index contributed by atoms with van der Waals surface area (Å²) in [5.74, 6) is 0.137. The van der Waals surface area contributed by atoms with Gasteiger partial charge in [0.2, 0.25) is 12.3 Å². The van der Waals surface area contributed by atoms with E-state index in [0.29, 0.717) is 12.1 Å². The van der Waals surface area contributed by atoms with E-state index in [1.807, 2.05) is 163 Å². The number of nitrogens with two attached hydrogens (primary N) is 2. The molecule has 0 spiro atoms. The van der Waals surface area contributed by atoms with E-state index in [4.69, 9.17) is 21.4 Å². The van der Waals surface area contributed by atoms with E-state index in [2.05, 4.69) is 358 Å². The van der Waals surface area contributed by atoms with Crippen LogP contribution in [-0.2, 0) is 13.0 Å². The molecule has 4 N–H and O–H groups in total. The quantitative estimate of drug-likeness (QED) is 0.0635. The predicted octanol–water partition coefficient (Wildman–Crippen LogP) is 28.0. The molecule has 14 heteroatoms. The molecule has 0 saturated heterocycles. The first-order chi connectivity index (χ1) is 63.7. The van der Waals surface area contributed by atoms with Gasteiger partial charge >= 0.3 is 0 Å². The normalized spacial score (nSPS) is 12.7. The Morgan fingerprint density at radius 3 is 1.01 bits per heavy atom. The van der Waals surface area contributed by atoms with Gasteiger partial charge in [-0.05, 0) is 179 Å². The Labute approximate surface area is 816 Å². The van der Waals surface area contributed by atoms with Crippen LogP contribution in [0.1, 0.15) is 70.5 Å². The maximum absolute atomic E-state index is 11.9. The molecule has 1 fully saturated rings. The van der Waals surface area contributed by atoms with Crippen molar-refractivity contribution in [1.82, 2.24) is 19.1 Å². The molecule has 0 radical (unpaired) electrons. The highest BCUT2D eigenvalue weighted by Gasteiger charge is 2.22. The number of allylic oxidation sites excluding steroid dienone is 1. The topological polar surface area (TPSA) is 126 Å². The van der Waals surface area contributed by atoms with Crippen LogP contribution in [0.3, 0.4) is 0 Å². The number of carbonyl (C=O) groups excluding carboxylic acids is 2. The number of fused-ring (bicyclic) bond motifs is 9. The van der Waals surface area contributed by atoms with E-state index in [1.54, 1.807) is 6.08 Å². The number of halogens is 5. The second-order valence-corrected chi connectivity index (χ2v) is 35.7. The summed E-state index contributed by atoms with van der Waals surface area (Å²) < 4.78 is 10.7. The van der Waals surface area contributed by atoms with Crippen LogP contribution in [0.4, 0.5) is 0 Å². The number of pyridine rings is 3. The molecule has 0 amide bonds. The Balaban J connectivity index is 0.000000136. The van der Waals surface area contributed by atoms with Gasteiger partial charge in [-0.25, -0.2) is 9.97 Å². The van der Waals surface area contributed by atoms with E-state index in [9.17, 15) is 9.59 Å². The minimum Gasteiger partial charge on any atom is -1.00 e. The number of Topliss-reactive ketones (excluding diaryl/α,β-unsaturated/α-hetero) is 1. The molecule has 132 heavy (non-hydrogen) atoms. The Morgan fingerprint density at radius 1 is 0.333 bits per heavy atom. The van der Waals surface area contributed by atoms with Gasteiger partial charge in [-0.1, -0.05) is 399 Å². The zero-order chi connectivity index (χ0) is 89.1. The summed E-state index contributed by atoms with van der Waals surface area (Å²) in [6.45, 7) is 0.394. The number of hydrogen-bond donors (Lipinski definition) is 2. The minimum atomic E-state index is 0. The lowest BCUT2D eigenvalue weighted by molar-refractivity contribution is -0.683. The van der Waals surface area contributed by atoms with Gasteiger partial charge < -0.3 is 37.6 Å². The molecule has 15 aromatic carbocycles. The number of benzene rings is 15. The zero-order valence-electron chi connectivity index (χ0n) is 71.7. The number of rotatable bonds is 14. The summed E-state index contributed by atoms with van der Waals surface area (Å²) in [7, 11) is 0. The Bertz CT molecular complexity index is 6920. The Morgan fingerprint density at radius 2 is 0.636 bits per heavy atom. The van der Waals surface area contributed by atoms with E-state index in [0.717, 1.165) is 127 Å². The average Bonchev–Trinajstić information content (AvgIpc) is 1.57. The zero-order valence-corrected chi connectivity index (χ0v) is 79.6. The van der Waals surface area contributed by atoms with Gasteiger partial charge in [0.1, 0.15) is 0 Å². The van der Waals surface area contributed by atoms with Crippen LogP contribution >= 0.6 is 63.7 Å². The van der Waals surface area contributed by atoms with Crippen molar-refractivity contribution >= 4 is 125 Å². The molecule has 1 saturated carbocycles. The molecule has 2 aliphatic rings. The molecule has 0 aliphatic heterocycles. The van der Waals surface area contributed by atoms with Crippen LogP contribution in [0, 0.1) is 0 Å².